The van der Waals surface area contributed by atoms with Crippen molar-refractivity contribution >= 4 is 0 Å². The van der Waals surface area contributed by atoms with Gasteiger partial charge in [0.15, 0.2) is 0 Å². The van der Waals surface area contributed by atoms with Gasteiger partial charge in [0.1, 0.15) is 0 Å². The van der Waals surface area contributed by atoms with Crippen LogP contribution in [0.3, 0.4) is 0 Å². The summed E-state index contributed by atoms with van der Waals surface area (Å²) >= 11 is 0. The number of hydrogen-bond acceptors (Lipinski definition) is 2. The molecule has 0 aliphatic heterocycles. The Labute approximate surface area is 120 Å². The van der Waals surface area contributed by atoms with Crippen LogP contribution in [0.25, 0.3) is 0 Å². The van der Waals surface area contributed by atoms with Crippen molar-refractivity contribution < 1.29 is 0 Å². The third-order valence-corrected chi connectivity index (χ3v) is 5.01. The van der Waals surface area contributed by atoms with E-state index >= 15 is 0 Å². The molecule has 0 radical (unpaired) electrons. The van der Waals surface area contributed by atoms with E-state index in [1.54, 1.807) is 0 Å². The molecular formula is C17H34N2. The van der Waals surface area contributed by atoms with Crippen molar-refractivity contribution in [3.8, 4) is 0 Å². The summed E-state index contributed by atoms with van der Waals surface area (Å²) in [4.78, 5) is 2.60. The van der Waals surface area contributed by atoms with Gasteiger partial charge in [-0.25, -0.2) is 0 Å². The van der Waals surface area contributed by atoms with Crippen molar-refractivity contribution in [3.63, 3.8) is 0 Å². The summed E-state index contributed by atoms with van der Waals surface area (Å²) in [7, 11) is 2.33. The first kappa shape index (κ1) is 15.3. The first-order valence-corrected chi connectivity index (χ1v) is 8.66. The molecular weight excluding hydrogens is 232 g/mol. The molecule has 2 fully saturated rings. The van der Waals surface area contributed by atoms with Crippen molar-refractivity contribution in [1.82, 2.24) is 10.2 Å². The molecule has 112 valence electrons. The highest BCUT2D eigenvalue weighted by atomic mass is 15.1. The fourth-order valence-electron chi connectivity index (χ4n) is 3.60. The highest BCUT2D eigenvalue weighted by molar-refractivity contribution is 4.90. The molecule has 0 heterocycles. The van der Waals surface area contributed by atoms with Gasteiger partial charge in [-0.3, -0.25) is 0 Å². The molecule has 2 saturated carbocycles. The molecule has 0 aromatic heterocycles. The predicted molar refractivity (Wildman–Crippen MR) is 83.6 cm³/mol. The van der Waals surface area contributed by atoms with Gasteiger partial charge in [0.05, 0.1) is 0 Å². The third-order valence-electron chi connectivity index (χ3n) is 5.01. The number of hydrogen-bond donors (Lipinski definition) is 1. The fraction of sp³-hybridized carbons (Fsp3) is 1.00. The van der Waals surface area contributed by atoms with Gasteiger partial charge < -0.3 is 10.2 Å². The van der Waals surface area contributed by atoms with Gasteiger partial charge in [-0.05, 0) is 51.1 Å². The van der Waals surface area contributed by atoms with E-state index in [0.29, 0.717) is 5.41 Å². The van der Waals surface area contributed by atoms with Crippen molar-refractivity contribution in [2.45, 2.75) is 77.2 Å². The van der Waals surface area contributed by atoms with Crippen LogP contribution in [0.5, 0.6) is 0 Å². The molecule has 2 heteroatoms. The molecule has 1 N–H and O–H groups in total. The lowest BCUT2D eigenvalue weighted by molar-refractivity contribution is 0.144. The van der Waals surface area contributed by atoms with Crippen molar-refractivity contribution in [2.75, 3.05) is 26.7 Å². The normalized spacial score (nSPS) is 23.5. The minimum absolute atomic E-state index is 0.571. The molecule has 2 aliphatic rings. The summed E-state index contributed by atoms with van der Waals surface area (Å²) in [5, 5.41) is 3.83. The Balaban J connectivity index is 1.86. The highest BCUT2D eigenvalue weighted by Gasteiger charge is 2.34. The quantitative estimate of drug-likeness (QED) is 0.672. The Bertz CT molecular complexity index is 240. The molecule has 2 aliphatic carbocycles. The van der Waals surface area contributed by atoms with Gasteiger partial charge in [-0.15, -0.1) is 0 Å². The smallest absolute Gasteiger partial charge is 0.00684 e. The Kier molecular flexibility index (Phi) is 6.15. The van der Waals surface area contributed by atoms with Crippen LogP contribution in [0, 0.1) is 5.41 Å². The zero-order valence-corrected chi connectivity index (χ0v) is 13.2. The first-order valence-electron chi connectivity index (χ1n) is 8.66. The molecule has 19 heavy (non-hydrogen) atoms. The molecule has 2 rings (SSSR count). The number of nitrogens with one attached hydrogen (secondary N) is 1. The first-order chi connectivity index (χ1) is 9.24. The predicted octanol–water partition coefficient (Wildman–Crippen LogP) is 3.81. The maximum absolute atomic E-state index is 3.83. The molecule has 0 saturated heterocycles. The summed E-state index contributed by atoms with van der Waals surface area (Å²) in [6, 6.07) is 0.862. The van der Waals surface area contributed by atoms with Gasteiger partial charge in [-0.1, -0.05) is 39.0 Å². The Morgan fingerprint density at radius 2 is 1.79 bits per heavy atom. The van der Waals surface area contributed by atoms with Gasteiger partial charge in [0.2, 0.25) is 0 Å². The van der Waals surface area contributed by atoms with Crippen LogP contribution in [0.2, 0.25) is 0 Å². The van der Waals surface area contributed by atoms with Crippen LogP contribution in [0.15, 0.2) is 0 Å². The molecule has 0 aromatic rings. The van der Waals surface area contributed by atoms with Crippen LogP contribution in [-0.4, -0.2) is 37.6 Å². The van der Waals surface area contributed by atoms with Crippen molar-refractivity contribution in [3.05, 3.63) is 0 Å². The SMILES string of the molecule is CCCCN(C)CC1(CNC2CC2)CCCCCC1. The molecule has 0 spiro atoms. The number of rotatable bonds is 8. The monoisotopic (exact) mass is 266 g/mol. The standard InChI is InChI=1S/C17H34N2/c1-3-4-13-19(2)15-17(14-18-16-9-10-16)11-7-5-6-8-12-17/h16,18H,3-15H2,1-2H3. The van der Waals surface area contributed by atoms with E-state index in [9.17, 15) is 0 Å². The lowest BCUT2D eigenvalue weighted by Gasteiger charge is -2.37. The Hall–Kier alpha value is -0.0800. The third kappa shape index (κ3) is 5.43. The van der Waals surface area contributed by atoms with Gasteiger partial charge >= 0.3 is 0 Å². The Morgan fingerprint density at radius 3 is 2.37 bits per heavy atom. The summed E-state index contributed by atoms with van der Waals surface area (Å²) in [5.74, 6) is 0. The van der Waals surface area contributed by atoms with Crippen molar-refractivity contribution in [2.24, 2.45) is 5.41 Å². The van der Waals surface area contributed by atoms with E-state index in [-0.39, 0.29) is 0 Å². The van der Waals surface area contributed by atoms with Crippen LogP contribution in [-0.2, 0) is 0 Å². The van der Waals surface area contributed by atoms with Crippen molar-refractivity contribution in [1.29, 1.82) is 0 Å². The average molecular weight is 266 g/mol. The van der Waals surface area contributed by atoms with E-state index < -0.39 is 0 Å². The van der Waals surface area contributed by atoms with E-state index in [4.69, 9.17) is 0 Å². The average Bonchev–Trinajstić information content (AvgIpc) is 3.22. The number of nitrogens with zero attached hydrogens (tertiary/aromatic N) is 1. The van der Waals surface area contributed by atoms with Crippen LogP contribution in [0.4, 0.5) is 0 Å². The summed E-state index contributed by atoms with van der Waals surface area (Å²) in [6.07, 6.45) is 14.2. The summed E-state index contributed by atoms with van der Waals surface area (Å²) in [6.45, 7) is 6.16. The Morgan fingerprint density at radius 1 is 1.11 bits per heavy atom. The second-order valence-electron chi connectivity index (χ2n) is 7.16. The topological polar surface area (TPSA) is 15.3 Å². The van der Waals surface area contributed by atoms with Crippen LogP contribution in [0.1, 0.15) is 71.1 Å². The second-order valence-corrected chi connectivity index (χ2v) is 7.16. The van der Waals surface area contributed by atoms with Gasteiger partial charge in [-0.2, -0.15) is 0 Å². The molecule has 0 bridgehead atoms. The lowest BCUT2D eigenvalue weighted by atomic mass is 9.79. The number of unbranched alkanes of at least 4 members (excludes halogenated alkanes) is 1. The molecule has 0 aromatic carbocycles. The van der Waals surface area contributed by atoms with E-state index in [1.807, 2.05) is 0 Å². The van der Waals surface area contributed by atoms with Crippen LogP contribution < -0.4 is 5.32 Å². The zero-order valence-electron chi connectivity index (χ0n) is 13.2. The van der Waals surface area contributed by atoms with E-state index in [0.717, 1.165) is 6.04 Å². The summed E-state index contributed by atoms with van der Waals surface area (Å²) in [5.41, 5.74) is 0.571. The minimum Gasteiger partial charge on any atom is -0.313 e. The maximum Gasteiger partial charge on any atom is 0.00684 e. The van der Waals surface area contributed by atoms with E-state index in [1.165, 1.54) is 83.8 Å². The van der Waals surface area contributed by atoms with Gasteiger partial charge in [0, 0.05) is 19.1 Å². The van der Waals surface area contributed by atoms with Gasteiger partial charge in [0.25, 0.3) is 0 Å². The second kappa shape index (κ2) is 7.64. The van der Waals surface area contributed by atoms with Crippen LogP contribution >= 0.6 is 0 Å². The summed E-state index contributed by atoms with van der Waals surface area (Å²) < 4.78 is 0. The largest absolute Gasteiger partial charge is 0.313 e. The molecule has 2 nitrogen and oxygen atoms in total. The molecule has 0 atom stereocenters. The molecule has 0 amide bonds. The molecule has 0 unspecified atom stereocenters. The zero-order chi connectivity index (χ0) is 13.6. The highest BCUT2D eigenvalue weighted by Crippen LogP contribution is 2.36. The maximum atomic E-state index is 3.83. The van der Waals surface area contributed by atoms with E-state index in [2.05, 4.69) is 24.2 Å². The minimum atomic E-state index is 0.571. The lowest BCUT2D eigenvalue weighted by Crippen LogP contribution is -2.43. The fourth-order valence-corrected chi connectivity index (χ4v) is 3.60.